The van der Waals surface area contributed by atoms with Gasteiger partial charge in [0.1, 0.15) is 11.3 Å². The molecule has 0 atom stereocenters. The van der Waals surface area contributed by atoms with Crippen molar-refractivity contribution < 1.29 is 13.2 Å². The Morgan fingerprint density at radius 3 is 2.59 bits per heavy atom. The van der Waals surface area contributed by atoms with Crippen molar-refractivity contribution in [2.75, 3.05) is 11.6 Å². The lowest BCUT2D eigenvalue weighted by Gasteiger charge is -2.11. The second-order valence-corrected chi connectivity index (χ2v) is 10.1. The van der Waals surface area contributed by atoms with Crippen molar-refractivity contribution in [1.82, 2.24) is 25.0 Å². The van der Waals surface area contributed by atoms with Gasteiger partial charge in [-0.3, -0.25) is 14.8 Å². The molecule has 0 radical (unpaired) electrons. The van der Waals surface area contributed by atoms with Gasteiger partial charge < -0.3 is 10.1 Å². The van der Waals surface area contributed by atoms with Crippen molar-refractivity contribution in [2.45, 2.75) is 4.90 Å². The number of nitrogens with one attached hydrogen (secondary N) is 2. The molecule has 9 nitrogen and oxygen atoms in total. The minimum Gasteiger partial charge on any atom is -0.455 e. The van der Waals surface area contributed by atoms with Crippen molar-refractivity contribution in [3.8, 4) is 22.8 Å². The molecule has 0 aliphatic rings. The van der Waals surface area contributed by atoms with E-state index in [-0.39, 0.29) is 4.90 Å². The Bertz CT molecular complexity index is 1610. The number of sulfone groups is 1. The van der Waals surface area contributed by atoms with Crippen LogP contribution >= 0.6 is 11.6 Å². The Morgan fingerprint density at radius 2 is 1.91 bits per heavy atom. The van der Waals surface area contributed by atoms with Crippen LogP contribution in [0.3, 0.4) is 0 Å². The number of ether oxygens (including phenoxy) is 1. The lowest BCUT2D eigenvalue weighted by atomic mass is 10.1. The summed E-state index contributed by atoms with van der Waals surface area (Å²) in [6.45, 7) is 0. The molecular formula is C23H19ClN6O3S. The maximum absolute atomic E-state index is 11.8. The summed E-state index contributed by atoms with van der Waals surface area (Å²) in [6.07, 6.45) is 4.65. The van der Waals surface area contributed by atoms with E-state index < -0.39 is 9.84 Å². The van der Waals surface area contributed by atoms with E-state index in [4.69, 9.17) is 16.3 Å². The first-order valence-electron chi connectivity index (χ1n) is 10.2. The Morgan fingerprint density at radius 1 is 1.12 bits per heavy atom. The number of aromatic nitrogens is 5. The minimum absolute atomic E-state index is 0.211. The maximum atomic E-state index is 11.8. The molecule has 3 heterocycles. The highest BCUT2D eigenvalue weighted by Crippen LogP contribution is 2.38. The number of aromatic amines is 1. The average molecular weight is 495 g/mol. The number of pyridine rings is 1. The molecule has 172 valence electrons. The molecule has 0 spiro atoms. The second kappa shape index (κ2) is 8.47. The summed E-state index contributed by atoms with van der Waals surface area (Å²) in [5, 5.41) is 16.2. The largest absolute Gasteiger partial charge is 0.455 e. The van der Waals surface area contributed by atoms with Crippen LogP contribution in [0.5, 0.6) is 11.5 Å². The SMILES string of the molecule is Cn1ccc(Nc2n[nH]c3c(Oc4ccc(S(C)(=O)=O)cc4)cc(-c4ncccc4Cl)cc23)n1. The fourth-order valence-electron chi connectivity index (χ4n) is 3.49. The zero-order valence-electron chi connectivity index (χ0n) is 18.2. The molecule has 0 fully saturated rings. The van der Waals surface area contributed by atoms with Gasteiger partial charge in [-0.15, -0.1) is 0 Å². The molecule has 0 bridgehead atoms. The monoisotopic (exact) mass is 494 g/mol. The van der Waals surface area contributed by atoms with E-state index in [2.05, 4.69) is 25.6 Å². The van der Waals surface area contributed by atoms with Crippen LogP contribution in [0, 0.1) is 0 Å². The van der Waals surface area contributed by atoms with E-state index in [0.29, 0.717) is 39.4 Å². The molecular weight excluding hydrogens is 476 g/mol. The molecule has 2 N–H and O–H groups in total. The molecule has 2 aromatic carbocycles. The van der Waals surface area contributed by atoms with E-state index in [1.165, 1.54) is 12.1 Å². The predicted octanol–water partition coefficient (Wildman–Crippen LogP) is 4.95. The van der Waals surface area contributed by atoms with Crippen molar-refractivity contribution in [2.24, 2.45) is 7.05 Å². The van der Waals surface area contributed by atoms with Gasteiger partial charge in [0.2, 0.25) is 0 Å². The summed E-state index contributed by atoms with van der Waals surface area (Å²) in [5.41, 5.74) is 1.96. The zero-order valence-corrected chi connectivity index (χ0v) is 19.7. The number of halogens is 1. The molecule has 0 aliphatic carbocycles. The van der Waals surface area contributed by atoms with E-state index in [0.717, 1.165) is 17.2 Å². The van der Waals surface area contributed by atoms with Gasteiger partial charge in [-0.05, 0) is 48.5 Å². The predicted molar refractivity (Wildman–Crippen MR) is 130 cm³/mol. The lowest BCUT2D eigenvalue weighted by Crippen LogP contribution is -1.96. The molecule has 0 unspecified atom stereocenters. The number of rotatable bonds is 6. The number of benzene rings is 2. The number of H-pyrrole nitrogens is 1. The van der Waals surface area contributed by atoms with Crippen molar-refractivity contribution in [3.05, 3.63) is 72.0 Å². The quantitative estimate of drug-likeness (QED) is 0.343. The first-order valence-corrected chi connectivity index (χ1v) is 12.4. The highest BCUT2D eigenvalue weighted by atomic mass is 35.5. The van der Waals surface area contributed by atoms with E-state index >= 15 is 0 Å². The standard InChI is InChI=1S/C23H19ClN6O3S/c1-30-11-9-20(29-30)26-23-17-12-14(21-18(24)4-3-10-25-21)13-19(22(17)27-28-23)33-15-5-7-16(8-6-15)34(2,31)32/h3-13H,1-2H3,(H2,26,27,28,29). The fraction of sp³-hybridized carbons (Fsp3) is 0.0870. The smallest absolute Gasteiger partial charge is 0.175 e. The van der Waals surface area contributed by atoms with Gasteiger partial charge in [-0.1, -0.05) is 11.6 Å². The third-order valence-electron chi connectivity index (χ3n) is 5.11. The fourth-order valence-corrected chi connectivity index (χ4v) is 4.35. The first kappa shape index (κ1) is 21.9. The van der Waals surface area contributed by atoms with Crippen LogP contribution in [0.4, 0.5) is 11.6 Å². The Kier molecular flexibility index (Phi) is 5.46. The van der Waals surface area contributed by atoms with Crippen LogP contribution in [-0.4, -0.2) is 39.6 Å². The summed E-state index contributed by atoms with van der Waals surface area (Å²) >= 11 is 6.42. The maximum Gasteiger partial charge on any atom is 0.175 e. The first-order chi connectivity index (χ1) is 16.3. The molecule has 11 heteroatoms. The van der Waals surface area contributed by atoms with Gasteiger partial charge >= 0.3 is 0 Å². The molecule has 0 amide bonds. The normalized spacial score (nSPS) is 11.6. The van der Waals surface area contributed by atoms with Gasteiger partial charge in [0.05, 0.1) is 15.6 Å². The summed E-state index contributed by atoms with van der Waals surface area (Å²) in [7, 11) is -1.48. The molecule has 34 heavy (non-hydrogen) atoms. The van der Waals surface area contributed by atoms with Crippen molar-refractivity contribution in [1.29, 1.82) is 0 Å². The number of nitrogens with zero attached hydrogens (tertiary/aromatic N) is 4. The van der Waals surface area contributed by atoms with Crippen LogP contribution in [-0.2, 0) is 16.9 Å². The highest BCUT2D eigenvalue weighted by Gasteiger charge is 2.17. The van der Waals surface area contributed by atoms with E-state index in [1.54, 1.807) is 35.1 Å². The van der Waals surface area contributed by atoms with Gasteiger partial charge in [0.25, 0.3) is 0 Å². The van der Waals surface area contributed by atoms with Crippen LogP contribution in [0.1, 0.15) is 0 Å². The van der Waals surface area contributed by atoms with Crippen LogP contribution < -0.4 is 10.1 Å². The molecule has 0 saturated carbocycles. The highest BCUT2D eigenvalue weighted by molar-refractivity contribution is 7.90. The van der Waals surface area contributed by atoms with Crippen LogP contribution in [0.25, 0.3) is 22.2 Å². The third-order valence-corrected chi connectivity index (χ3v) is 6.54. The topological polar surface area (TPSA) is 115 Å². The number of hydrogen-bond acceptors (Lipinski definition) is 7. The van der Waals surface area contributed by atoms with Gasteiger partial charge in [-0.2, -0.15) is 10.2 Å². The Balaban J connectivity index is 1.61. The summed E-state index contributed by atoms with van der Waals surface area (Å²) in [5.74, 6) is 2.13. The van der Waals surface area contributed by atoms with Crippen LogP contribution in [0.2, 0.25) is 5.02 Å². The molecule has 0 saturated heterocycles. The zero-order chi connectivity index (χ0) is 23.9. The van der Waals surface area contributed by atoms with Crippen molar-refractivity contribution >= 4 is 44.0 Å². The third kappa shape index (κ3) is 4.33. The van der Waals surface area contributed by atoms with Gasteiger partial charge in [-0.25, -0.2) is 8.42 Å². The molecule has 5 rings (SSSR count). The number of hydrogen-bond donors (Lipinski definition) is 2. The van der Waals surface area contributed by atoms with E-state index in [1.807, 2.05) is 31.4 Å². The molecule has 5 aromatic rings. The molecule has 3 aromatic heterocycles. The van der Waals surface area contributed by atoms with Crippen molar-refractivity contribution in [3.63, 3.8) is 0 Å². The second-order valence-electron chi connectivity index (χ2n) is 7.65. The minimum atomic E-state index is -3.31. The molecule has 0 aliphatic heterocycles. The Hall–Kier alpha value is -3.89. The van der Waals surface area contributed by atoms with Gasteiger partial charge in [0, 0.05) is 42.7 Å². The van der Waals surface area contributed by atoms with Crippen LogP contribution in [0.15, 0.2) is 71.9 Å². The average Bonchev–Trinajstić information content (AvgIpc) is 3.40. The number of fused-ring (bicyclic) bond motifs is 1. The lowest BCUT2D eigenvalue weighted by molar-refractivity contribution is 0.486. The summed E-state index contributed by atoms with van der Waals surface area (Å²) < 4.78 is 31.4. The number of anilines is 2. The summed E-state index contributed by atoms with van der Waals surface area (Å²) in [4.78, 5) is 4.63. The Labute approximate surface area is 200 Å². The van der Waals surface area contributed by atoms with E-state index in [9.17, 15) is 8.42 Å². The van der Waals surface area contributed by atoms with Gasteiger partial charge in [0.15, 0.2) is 27.2 Å². The number of aryl methyl sites for hydroxylation is 1. The summed E-state index contributed by atoms with van der Waals surface area (Å²) in [6, 6.07) is 15.3.